The minimum atomic E-state index is 0.0842. The summed E-state index contributed by atoms with van der Waals surface area (Å²) in [4.78, 5) is 11.2. The van der Waals surface area contributed by atoms with Gasteiger partial charge in [0.15, 0.2) is 5.78 Å². The van der Waals surface area contributed by atoms with E-state index in [1.54, 1.807) is 6.92 Å². The first kappa shape index (κ1) is 9.96. The summed E-state index contributed by atoms with van der Waals surface area (Å²) in [6.07, 6.45) is 0.988. The third kappa shape index (κ3) is 1.97. The molecular weight excluding hydrogens is 164 g/mol. The number of carbonyl (C=O) groups is 1. The molecule has 1 heterocycles. The average Bonchev–Trinajstić information content (AvgIpc) is 2.46. The third-order valence-corrected chi connectivity index (χ3v) is 2.23. The molecule has 0 aliphatic heterocycles. The van der Waals surface area contributed by atoms with E-state index in [0.717, 1.165) is 12.1 Å². The largest absolute Gasteiger partial charge is 0.293 e. The maximum Gasteiger partial charge on any atom is 0.177 e. The highest BCUT2D eigenvalue weighted by molar-refractivity contribution is 5.92. The standard InChI is InChI=1S/C10H16N2O/c1-5-8(3)12-10(9(4)13)6-7(2)11-12/h6,8H,5H2,1-4H3. The SMILES string of the molecule is CCC(C)n1nc(C)cc1C(C)=O. The molecule has 0 saturated heterocycles. The van der Waals surface area contributed by atoms with E-state index in [-0.39, 0.29) is 5.78 Å². The zero-order chi connectivity index (χ0) is 10.0. The molecule has 3 heteroatoms. The van der Waals surface area contributed by atoms with Crippen LogP contribution < -0.4 is 0 Å². The molecule has 1 rings (SSSR count). The molecule has 0 radical (unpaired) electrons. The van der Waals surface area contributed by atoms with Gasteiger partial charge in [-0.1, -0.05) is 6.92 Å². The second-order valence-electron chi connectivity index (χ2n) is 3.43. The molecule has 0 aliphatic carbocycles. The van der Waals surface area contributed by atoms with Gasteiger partial charge in [-0.25, -0.2) is 0 Å². The van der Waals surface area contributed by atoms with E-state index in [1.807, 2.05) is 17.7 Å². The Morgan fingerprint density at radius 1 is 1.69 bits per heavy atom. The van der Waals surface area contributed by atoms with Crippen molar-refractivity contribution in [2.45, 2.75) is 40.2 Å². The summed E-state index contributed by atoms with van der Waals surface area (Å²) in [7, 11) is 0. The van der Waals surface area contributed by atoms with Gasteiger partial charge in [-0.3, -0.25) is 9.48 Å². The van der Waals surface area contributed by atoms with Crippen LogP contribution in [0.1, 0.15) is 49.4 Å². The number of ketones is 1. The van der Waals surface area contributed by atoms with Crippen molar-refractivity contribution in [3.63, 3.8) is 0 Å². The van der Waals surface area contributed by atoms with Gasteiger partial charge in [0, 0.05) is 13.0 Å². The highest BCUT2D eigenvalue weighted by Gasteiger charge is 2.13. The molecule has 13 heavy (non-hydrogen) atoms. The van der Waals surface area contributed by atoms with Crippen molar-refractivity contribution in [3.8, 4) is 0 Å². The molecule has 0 aliphatic rings. The summed E-state index contributed by atoms with van der Waals surface area (Å²) in [5, 5.41) is 4.30. The lowest BCUT2D eigenvalue weighted by Crippen LogP contribution is -2.12. The highest BCUT2D eigenvalue weighted by Crippen LogP contribution is 2.14. The van der Waals surface area contributed by atoms with E-state index < -0.39 is 0 Å². The molecule has 3 nitrogen and oxygen atoms in total. The monoisotopic (exact) mass is 180 g/mol. The number of aromatic nitrogens is 2. The van der Waals surface area contributed by atoms with Crippen LogP contribution in [0.3, 0.4) is 0 Å². The van der Waals surface area contributed by atoms with Crippen molar-refractivity contribution < 1.29 is 4.79 Å². The van der Waals surface area contributed by atoms with Gasteiger partial charge >= 0.3 is 0 Å². The van der Waals surface area contributed by atoms with Gasteiger partial charge in [-0.15, -0.1) is 0 Å². The van der Waals surface area contributed by atoms with Crippen molar-refractivity contribution >= 4 is 5.78 Å². The molecule has 0 bridgehead atoms. The van der Waals surface area contributed by atoms with Gasteiger partial charge in [0.2, 0.25) is 0 Å². The fourth-order valence-corrected chi connectivity index (χ4v) is 1.29. The third-order valence-electron chi connectivity index (χ3n) is 2.23. The molecule has 72 valence electrons. The van der Waals surface area contributed by atoms with E-state index in [1.165, 1.54) is 0 Å². The molecule has 0 amide bonds. The van der Waals surface area contributed by atoms with Crippen LogP contribution in [0.2, 0.25) is 0 Å². The van der Waals surface area contributed by atoms with Crippen molar-refractivity contribution in [1.29, 1.82) is 0 Å². The summed E-state index contributed by atoms with van der Waals surface area (Å²) >= 11 is 0. The van der Waals surface area contributed by atoms with E-state index in [4.69, 9.17) is 0 Å². The van der Waals surface area contributed by atoms with E-state index in [0.29, 0.717) is 11.7 Å². The Hall–Kier alpha value is -1.12. The van der Waals surface area contributed by atoms with E-state index in [2.05, 4.69) is 18.9 Å². The predicted molar refractivity (Wildman–Crippen MR) is 52.0 cm³/mol. The van der Waals surface area contributed by atoms with Crippen molar-refractivity contribution in [1.82, 2.24) is 9.78 Å². The molecule has 0 aromatic carbocycles. The lowest BCUT2D eigenvalue weighted by molar-refractivity contribution is 0.100. The molecule has 0 fully saturated rings. The van der Waals surface area contributed by atoms with Crippen LogP contribution in [-0.4, -0.2) is 15.6 Å². The average molecular weight is 180 g/mol. The summed E-state index contributed by atoms with van der Waals surface area (Å²) < 4.78 is 1.82. The first-order valence-corrected chi connectivity index (χ1v) is 4.63. The lowest BCUT2D eigenvalue weighted by atomic mass is 10.2. The normalized spacial score (nSPS) is 12.9. The zero-order valence-electron chi connectivity index (χ0n) is 8.66. The minimum absolute atomic E-state index is 0.0842. The van der Waals surface area contributed by atoms with Gasteiger partial charge in [0.05, 0.1) is 5.69 Å². The lowest BCUT2D eigenvalue weighted by Gasteiger charge is -2.11. The number of hydrogen-bond donors (Lipinski definition) is 0. The van der Waals surface area contributed by atoms with E-state index in [9.17, 15) is 4.79 Å². The minimum Gasteiger partial charge on any atom is -0.293 e. The first-order chi connectivity index (χ1) is 6.06. The van der Waals surface area contributed by atoms with Gasteiger partial charge in [-0.05, 0) is 26.3 Å². The van der Waals surface area contributed by atoms with Crippen LogP contribution in [0.5, 0.6) is 0 Å². The molecule has 0 N–H and O–H groups in total. The zero-order valence-corrected chi connectivity index (χ0v) is 8.66. The fraction of sp³-hybridized carbons (Fsp3) is 0.600. The number of carbonyl (C=O) groups excluding carboxylic acids is 1. The summed E-state index contributed by atoms with van der Waals surface area (Å²) in [6.45, 7) is 7.64. The maximum absolute atomic E-state index is 11.2. The fourth-order valence-electron chi connectivity index (χ4n) is 1.29. The Labute approximate surface area is 78.8 Å². The van der Waals surface area contributed by atoms with Crippen molar-refractivity contribution in [3.05, 3.63) is 17.5 Å². The summed E-state index contributed by atoms with van der Waals surface area (Å²) in [6, 6.07) is 2.14. The number of hydrogen-bond acceptors (Lipinski definition) is 2. The number of rotatable bonds is 3. The highest BCUT2D eigenvalue weighted by atomic mass is 16.1. The number of aryl methyl sites for hydroxylation is 1. The predicted octanol–water partition coefficient (Wildman–Crippen LogP) is 2.37. The first-order valence-electron chi connectivity index (χ1n) is 4.63. The van der Waals surface area contributed by atoms with Gasteiger partial charge in [0.25, 0.3) is 0 Å². The Balaban J connectivity index is 3.11. The van der Waals surface area contributed by atoms with Crippen LogP contribution in [0.15, 0.2) is 6.07 Å². The molecule has 1 aromatic heterocycles. The smallest absolute Gasteiger partial charge is 0.177 e. The Morgan fingerprint density at radius 2 is 2.31 bits per heavy atom. The Kier molecular flexibility index (Phi) is 2.86. The quantitative estimate of drug-likeness (QED) is 0.669. The Bertz CT molecular complexity index is 315. The van der Waals surface area contributed by atoms with Crippen molar-refractivity contribution in [2.75, 3.05) is 0 Å². The van der Waals surface area contributed by atoms with Gasteiger partial charge in [-0.2, -0.15) is 5.10 Å². The molecular formula is C10H16N2O. The number of nitrogens with zero attached hydrogens (tertiary/aromatic N) is 2. The second kappa shape index (κ2) is 3.73. The van der Waals surface area contributed by atoms with Crippen LogP contribution in [-0.2, 0) is 0 Å². The number of Topliss-reactive ketones (excluding diaryl/α,β-unsaturated/α-hetero) is 1. The molecule has 1 aromatic rings. The van der Waals surface area contributed by atoms with Gasteiger partial charge < -0.3 is 0 Å². The molecule has 1 unspecified atom stereocenters. The molecule has 0 spiro atoms. The summed E-state index contributed by atoms with van der Waals surface area (Å²) in [5.74, 6) is 0.0842. The van der Waals surface area contributed by atoms with Crippen LogP contribution in [0.25, 0.3) is 0 Å². The Morgan fingerprint density at radius 3 is 2.77 bits per heavy atom. The second-order valence-corrected chi connectivity index (χ2v) is 3.43. The maximum atomic E-state index is 11.2. The van der Waals surface area contributed by atoms with E-state index >= 15 is 0 Å². The molecule has 1 atom stereocenters. The molecule has 0 saturated carbocycles. The van der Waals surface area contributed by atoms with Crippen LogP contribution >= 0.6 is 0 Å². The van der Waals surface area contributed by atoms with Gasteiger partial charge in [0.1, 0.15) is 5.69 Å². The topological polar surface area (TPSA) is 34.9 Å². The van der Waals surface area contributed by atoms with Crippen LogP contribution in [0, 0.1) is 6.92 Å². The van der Waals surface area contributed by atoms with Crippen LogP contribution in [0.4, 0.5) is 0 Å². The van der Waals surface area contributed by atoms with Crippen molar-refractivity contribution in [2.24, 2.45) is 0 Å². The summed E-state index contributed by atoms with van der Waals surface area (Å²) in [5.41, 5.74) is 1.62.